The van der Waals surface area contributed by atoms with Crippen LogP contribution < -0.4 is 9.64 Å². The van der Waals surface area contributed by atoms with Crippen LogP contribution in [0.3, 0.4) is 0 Å². The summed E-state index contributed by atoms with van der Waals surface area (Å²) in [6, 6.07) is 16.5. The smallest absolute Gasteiger partial charge is 0.317 e. The number of rotatable bonds is 6. The van der Waals surface area contributed by atoms with Crippen molar-refractivity contribution in [3.05, 3.63) is 48.5 Å². The number of nitrogens with zero attached hydrogens (tertiary/aromatic N) is 2. The zero-order valence-corrected chi connectivity index (χ0v) is 16.8. The molecule has 0 unspecified atom stereocenters. The molecule has 5 nitrogen and oxygen atoms in total. The number of benzene rings is 2. The molecule has 0 radical (unpaired) electrons. The lowest BCUT2D eigenvalue weighted by Gasteiger charge is -2.47. The van der Waals surface area contributed by atoms with Crippen LogP contribution in [0.15, 0.2) is 58.3 Å². The maximum atomic E-state index is 11.1. The number of ether oxygens (including phenoxy) is 1. The molecule has 1 heterocycles. The quantitative estimate of drug-likeness (QED) is 0.814. The molecule has 3 rings (SSSR count). The second-order valence-corrected chi connectivity index (χ2v) is 8.41. The Balaban J connectivity index is 1.78. The molecule has 0 spiro atoms. The number of hydrogen-bond donors (Lipinski definition) is 1. The fourth-order valence-corrected chi connectivity index (χ4v) is 4.40. The Hall–Kier alpha value is -2.18. The SMILES string of the molecule is COc1ccc(Sc2ccccc2N2CCN(CC(=O)O)C(C)(C)C2)cc1. The lowest BCUT2D eigenvalue weighted by Crippen LogP contribution is -2.60. The molecule has 0 aliphatic carbocycles. The van der Waals surface area contributed by atoms with Gasteiger partial charge in [0.1, 0.15) is 5.75 Å². The van der Waals surface area contributed by atoms with Gasteiger partial charge in [-0.1, -0.05) is 23.9 Å². The highest BCUT2D eigenvalue weighted by molar-refractivity contribution is 7.99. The van der Waals surface area contributed by atoms with Crippen LogP contribution in [0.2, 0.25) is 0 Å². The monoisotopic (exact) mass is 386 g/mol. The van der Waals surface area contributed by atoms with Crippen molar-refractivity contribution in [2.75, 3.05) is 38.2 Å². The molecule has 27 heavy (non-hydrogen) atoms. The molecule has 1 N–H and O–H groups in total. The van der Waals surface area contributed by atoms with Crippen LogP contribution >= 0.6 is 11.8 Å². The van der Waals surface area contributed by atoms with Crippen LogP contribution in [0, 0.1) is 0 Å². The van der Waals surface area contributed by atoms with Gasteiger partial charge in [-0.05, 0) is 50.2 Å². The topological polar surface area (TPSA) is 53.0 Å². The number of hydrogen-bond acceptors (Lipinski definition) is 5. The van der Waals surface area contributed by atoms with E-state index < -0.39 is 5.97 Å². The van der Waals surface area contributed by atoms with Crippen LogP contribution in [-0.4, -0.2) is 54.8 Å². The molecule has 6 heteroatoms. The summed E-state index contributed by atoms with van der Waals surface area (Å²) in [6.45, 7) is 6.66. The molecular formula is C21H26N2O3S. The van der Waals surface area contributed by atoms with Crippen molar-refractivity contribution in [1.82, 2.24) is 4.90 Å². The summed E-state index contributed by atoms with van der Waals surface area (Å²) in [4.78, 5) is 17.9. The van der Waals surface area contributed by atoms with E-state index >= 15 is 0 Å². The van der Waals surface area contributed by atoms with Gasteiger partial charge in [0.25, 0.3) is 0 Å². The third kappa shape index (κ3) is 4.76. The highest BCUT2D eigenvalue weighted by Gasteiger charge is 2.35. The maximum absolute atomic E-state index is 11.1. The van der Waals surface area contributed by atoms with E-state index in [4.69, 9.17) is 9.84 Å². The number of carboxylic acid groups (broad SMARTS) is 1. The lowest BCUT2D eigenvalue weighted by molar-refractivity contribution is -0.140. The minimum atomic E-state index is -0.771. The summed E-state index contributed by atoms with van der Waals surface area (Å²) >= 11 is 1.73. The molecule has 0 atom stereocenters. The Morgan fingerprint density at radius 1 is 1.15 bits per heavy atom. The van der Waals surface area contributed by atoms with E-state index in [1.165, 1.54) is 10.6 Å². The molecule has 1 saturated heterocycles. The van der Waals surface area contributed by atoms with E-state index in [1.807, 2.05) is 17.0 Å². The number of aliphatic carboxylic acids is 1. The Kier molecular flexibility index (Phi) is 5.97. The van der Waals surface area contributed by atoms with Crippen LogP contribution in [0.25, 0.3) is 0 Å². The van der Waals surface area contributed by atoms with Crippen molar-refractivity contribution in [3.8, 4) is 5.75 Å². The van der Waals surface area contributed by atoms with Gasteiger partial charge < -0.3 is 14.7 Å². The number of carboxylic acids is 1. The average Bonchev–Trinajstić information content (AvgIpc) is 2.64. The number of methoxy groups -OCH3 is 1. The zero-order valence-electron chi connectivity index (χ0n) is 16.0. The second kappa shape index (κ2) is 8.23. The van der Waals surface area contributed by atoms with E-state index in [1.54, 1.807) is 18.9 Å². The second-order valence-electron chi connectivity index (χ2n) is 7.29. The van der Waals surface area contributed by atoms with Gasteiger partial charge in [-0.15, -0.1) is 0 Å². The molecule has 0 saturated carbocycles. The summed E-state index contributed by atoms with van der Waals surface area (Å²) < 4.78 is 5.23. The predicted octanol–water partition coefficient (Wildman–Crippen LogP) is 3.83. The van der Waals surface area contributed by atoms with Gasteiger partial charge in [-0.3, -0.25) is 9.69 Å². The summed E-state index contributed by atoms with van der Waals surface area (Å²) in [5.74, 6) is 0.0796. The Morgan fingerprint density at radius 3 is 2.48 bits per heavy atom. The molecule has 1 fully saturated rings. The number of piperazine rings is 1. The third-order valence-corrected chi connectivity index (χ3v) is 5.97. The largest absolute Gasteiger partial charge is 0.497 e. The minimum absolute atomic E-state index is 0.0864. The molecule has 0 bridgehead atoms. The van der Waals surface area contributed by atoms with Crippen LogP contribution in [0.1, 0.15) is 13.8 Å². The maximum Gasteiger partial charge on any atom is 0.317 e. The zero-order chi connectivity index (χ0) is 19.4. The molecule has 0 aromatic heterocycles. The number of carbonyl (C=O) groups is 1. The summed E-state index contributed by atoms with van der Waals surface area (Å²) in [5.41, 5.74) is 0.996. The predicted molar refractivity (Wildman–Crippen MR) is 109 cm³/mol. The molecule has 1 aliphatic rings. The van der Waals surface area contributed by atoms with Crippen LogP contribution in [0.4, 0.5) is 5.69 Å². The van der Waals surface area contributed by atoms with Gasteiger partial charge in [0.15, 0.2) is 0 Å². The normalized spacial score (nSPS) is 16.9. The van der Waals surface area contributed by atoms with E-state index in [2.05, 4.69) is 55.1 Å². The van der Waals surface area contributed by atoms with E-state index in [0.717, 1.165) is 30.3 Å². The highest BCUT2D eigenvalue weighted by atomic mass is 32.2. The van der Waals surface area contributed by atoms with Crippen molar-refractivity contribution < 1.29 is 14.6 Å². The van der Waals surface area contributed by atoms with Crippen molar-refractivity contribution in [1.29, 1.82) is 0 Å². The van der Waals surface area contributed by atoms with Gasteiger partial charge in [0.2, 0.25) is 0 Å². The highest BCUT2D eigenvalue weighted by Crippen LogP contribution is 2.37. The van der Waals surface area contributed by atoms with Crippen LogP contribution in [-0.2, 0) is 4.79 Å². The molecule has 2 aromatic rings. The van der Waals surface area contributed by atoms with Crippen molar-refractivity contribution in [3.63, 3.8) is 0 Å². The van der Waals surface area contributed by atoms with Gasteiger partial charge in [0, 0.05) is 35.0 Å². The Labute approximate surface area is 164 Å². The Morgan fingerprint density at radius 2 is 1.85 bits per heavy atom. The first-order valence-corrected chi connectivity index (χ1v) is 9.83. The average molecular weight is 387 g/mol. The minimum Gasteiger partial charge on any atom is -0.497 e. The van der Waals surface area contributed by atoms with Crippen molar-refractivity contribution in [2.45, 2.75) is 29.2 Å². The first-order chi connectivity index (χ1) is 12.9. The number of anilines is 1. The molecular weight excluding hydrogens is 360 g/mol. The third-order valence-electron chi connectivity index (χ3n) is 4.89. The molecule has 2 aromatic carbocycles. The van der Waals surface area contributed by atoms with E-state index in [0.29, 0.717) is 0 Å². The Bertz CT molecular complexity index is 792. The standard InChI is InChI=1S/C21H26N2O3S/c1-21(2)15-22(12-13-23(21)14-20(24)25)18-6-4-5-7-19(18)27-17-10-8-16(26-3)9-11-17/h4-11H,12-15H2,1-3H3,(H,24,25). The molecule has 1 aliphatic heterocycles. The summed E-state index contributed by atoms with van der Waals surface area (Å²) in [6.07, 6.45) is 0. The first-order valence-electron chi connectivity index (χ1n) is 9.02. The molecule has 144 valence electrons. The van der Waals surface area contributed by atoms with E-state index in [-0.39, 0.29) is 12.1 Å². The molecule has 0 amide bonds. The van der Waals surface area contributed by atoms with Gasteiger partial charge in [-0.25, -0.2) is 0 Å². The summed E-state index contributed by atoms with van der Waals surface area (Å²) in [7, 11) is 1.67. The van der Waals surface area contributed by atoms with Gasteiger partial charge in [0.05, 0.1) is 19.3 Å². The summed E-state index contributed by atoms with van der Waals surface area (Å²) in [5, 5.41) is 9.16. The lowest BCUT2D eigenvalue weighted by atomic mass is 9.98. The number of para-hydroxylation sites is 1. The van der Waals surface area contributed by atoms with E-state index in [9.17, 15) is 4.79 Å². The van der Waals surface area contributed by atoms with Gasteiger partial charge in [-0.2, -0.15) is 0 Å². The van der Waals surface area contributed by atoms with Gasteiger partial charge >= 0.3 is 5.97 Å². The fraction of sp³-hybridized carbons (Fsp3) is 0.381. The van der Waals surface area contributed by atoms with Crippen LogP contribution in [0.5, 0.6) is 5.75 Å². The van der Waals surface area contributed by atoms with Crippen molar-refractivity contribution >= 4 is 23.4 Å². The first kappa shape index (κ1) is 19.6. The fourth-order valence-electron chi connectivity index (χ4n) is 3.43. The van der Waals surface area contributed by atoms with Crippen molar-refractivity contribution in [2.24, 2.45) is 0 Å².